The number of carboxylic acid groups (broad SMARTS) is 1. The highest BCUT2D eigenvalue weighted by Crippen LogP contribution is 2.17. The zero-order chi connectivity index (χ0) is 15.2. The van der Waals surface area contributed by atoms with Crippen molar-refractivity contribution in [1.82, 2.24) is 10.2 Å². The predicted octanol–water partition coefficient (Wildman–Crippen LogP) is 0.884. The Morgan fingerprint density at radius 1 is 1.24 bits per heavy atom. The van der Waals surface area contributed by atoms with Crippen molar-refractivity contribution < 1.29 is 19.5 Å². The number of carboxylic acids is 1. The van der Waals surface area contributed by atoms with E-state index in [0.717, 1.165) is 0 Å². The lowest BCUT2D eigenvalue weighted by Gasteiger charge is -2.21. The van der Waals surface area contributed by atoms with E-state index in [2.05, 4.69) is 10.6 Å². The van der Waals surface area contributed by atoms with Gasteiger partial charge in [0, 0.05) is 12.2 Å². The molecule has 1 aliphatic heterocycles. The maximum atomic E-state index is 11.9. The molecule has 0 radical (unpaired) electrons. The van der Waals surface area contributed by atoms with Crippen LogP contribution in [0.3, 0.4) is 0 Å². The van der Waals surface area contributed by atoms with Gasteiger partial charge in [-0.25, -0.2) is 9.59 Å². The molecule has 1 aromatic rings. The molecule has 1 aliphatic rings. The Morgan fingerprint density at radius 2 is 1.95 bits per heavy atom. The van der Waals surface area contributed by atoms with E-state index in [0.29, 0.717) is 25.1 Å². The van der Waals surface area contributed by atoms with Crippen LogP contribution >= 0.6 is 0 Å². The highest BCUT2D eigenvalue weighted by molar-refractivity contribution is 5.93. The van der Waals surface area contributed by atoms with Crippen LogP contribution in [0.25, 0.3) is 0 Å². The van der Waals surface area contributed by atoms with Gasteiger partial charge in [-0.15, -0.1) is 0 Å². The fraction of sp³-hybridized carbons (Fsp3) is 0.357. The van der Waals surface area contributed by atoms with Crippen molar-refractivity contribution in [3.8, 4) is 0 Å². The van der Waals surface area contributed by atoms with E-state index in [1.54, 1.807) is 24.3 Å². The molecule has 1 saturated heterocycles. The minimum absolute atomic E-state index is 0.220. The number of carbonyl (C=O) groups excluding carboxylic acids is 2. The lowest BCUT2D eigenvalue weighted by molar-refractivity contribution is -0.147. The van der Waals surface area contributed by atoms with Crippen LogP contribution < -0.4 is 10.6 Å². The van der Waals surface area contributed by atoms with Gasteiger partial charge in [-0.2, -0.15) is 0 Å². The molecule has 1 aromatic carbocycles. The van der Waals surface area contributed by atoms with Crippen LogP contribution in [0.1, 0.15) is 12.8 Å². The quantitative estimate of drug-likeness (QED) is 0.767. The summed E-state index contributed by atoms with van der Waals surface area (Å²) in [6.07, 6.45) is 1.12. The van der Waals surface area contributed by atoms with Gasteiger partial charge >= 0.3 is 12.0 Å². The van der Waals surface area contributed by atoms with Crippen molar-refractivity contribution in [3.05, 3.63) is 30.3 Å². The molecule has 112 valence electrons. The van der Waals surface area contributed by atoms with Crippen molar-refractivity contribution in [2.45, 2.75) is 18.9 Å². The molecule has 0 aliphatic carbocycles. The number of anilines is 1. The Kier molecular flexibility index (Phi) is 4.76. The summed E-state index contributed by atoms with van der Waals surface area (Å²) in [6.45, 7) is 0.195. The smallest absolute Gasteiger partial charge is 0.326 e. The number of nitrogens with one attached hydrogen (secondary N) is 2. The molecule has 21 heavy (non-hydrogen) atoms. The lowest BCUT2D eigenvalue weighted by atomic mass is 10.2. The first-order valence-electron chi connectivity index (χ1n) is 6.70. The zero-order valence-electron chi connectivity index (χ0n) is 11.4. The minimum Gasteiger partial charge on any atom is -0.480 e. The van der Waals surface area contributed by atoms with E-state index < -0.39 is 18.0 Å². The Hall–Kier alpha value is -2.57. The average molecular weight is 291 g/mol. The topological polar surface area (TPSA) is 98.7 Å². The maximum absolute atomic E-state index is 11.9. The van der Waals surface area contributed by atoms with Crippen molar-refractivity contribution in [3.63, 3.8) is 0 Å². The minimum atomic E-state index is -1.01. The summed E-state index contributed by atoms with van der Waals surface area (Å²) in [5.74, 6) is -1.39. The van der Waals surface area contributed by atoms with Gasteiger partial charge < -0.3 is 20.6 Å². The normalized spacial score (nSPS) is 17.3. The SMILES string of the molecule is O=C(NCC(=O)N1CCCC1C(=O)O)Nc1ccccc1. The number of carbonyl (C=O) groups is 3. The van der Waals surface area contributed by atoms with Crippen molar-refractivity contribution in [1.29, 1.82) is 0 Å². The van der Waals surface area contributed by atoms with Crippen molar-refractivity contribution in [2.75, 3.05) is 18.4 Å². The Morgan fingerprint density at radius 3 is 2.62 bits per heavy atom. The highest BCUT2D eigenvalue weighted by atomic mass is 16.4. The van der Waals surface area contributed by atoms with E-state index in [4.69, 9.17) is 5.11 Å². The standard InChI is InChI=1S/C14H17N3O4/c18-12(17-8-4-7-11(17)13(19)20)9-15-14(21)16-10-5-2-1-3-6-10/h1-3,5-6,11H,4,7-9H2,(H,19,20)(H2,15,16,21). The van der Waals surface area contributed by atoms with Crippen LogP contribution in [0.4, 0.5) is 10.5 Å². The summed E-state index contributed by atoms with van der Waals surface area (Å²) < 4.78 is 0. The third kappa shape index (κ3) is 3.95. The second kappa shape index (κ2) is 6.74. The van der Waals surface area contributed by atoms with Crippen LogP contribution in [0, 0.1) is 0 Å². The third-order valence-electron chi connectivity index (χ3n) is 3.29. The van der Waals surface area contributed by atoms with Crippen LogP contribution in [-0.4, -0.2) is 47.0 Å². The first-order valence-corrected chi connectivity index (χ1v) is 6.70. The first-order chi connectivity index (χ1) is 10.1. The molecule has 2 rings (SSSR count). The Balaban J connectivity index is 1.81. The first kappa shape index (κ1) is 14.8. The number of urea groups is 1. The average Bonchev–Trinajstić information content (AvgIpc) is 2.95. The predicted molar refractivity (Wildman–Crippen MR) is 75.8 cm³/mol. The molecular weight excluding hydrogens is 274 g/mol. The number of aliphatic carboxylic acids is 1. The lowest BCUT2D eigenvalue weighted by Crippen LogP contribution is -2.46. The molecule has 3 amide bonds. The van der Waals surface area contributed by atoms with E-state index in [1.807, 2.05) is 6.07 Å². The molecule has 1 fully saturated rings. The fourth-order valence-corrected chi connectivity index (χ4v) is 2.28. The number of rotatable bonds is 4. The summed E-state index contributed by atoms with van der Waals surface area (Å²) in [5, 5.41) is 14.0. The van der Waals surface area contributed by atoms with Gasteiger partial charge in [-0.1, -0.05) is 18.2 Å². The molecular formula is C14H17N3O4. The number of nitrogens with zero attached hydrogens (tertiary/aromatic N) is 1. The number of benzene rings is 1. The van der Waals surface area contributed by atoms with Crippen LogP contribution in [0.15, 0.2) is 30.3 Å². The molecule has 1 heterocycles. The fourth-order valence-electron chi connectivity index (χ4n) is 2.28. The Bertz CT molecular complexity index is 532. The molecule has 1 unspecified atom stereocenters. The second-order valence-electron chi connectivity index (χ2n) is 4.76. The molecule has 1 atom stereocenters. The van der Waals surface area contributed by atoms with Crippen LogP contribution in [0.2, 0.25) is 0 Å². The summed E-state index contributed by atoms with van der Waals surface area (Å²) in [7, 11) is 0. The molecule has 0 bridgehead atoms. The van der Waals surface area contributed by atoms with Gasteiger partial charge in [0.15, 0.2) is 0 Å². The molecule has 0 spiro atoms. The van der Waals surface area contributed by atoms with E-state index in [1.165, 1.54) is 4.90 Å². The van der Waals surface area contributed by atoms with E-state index in [-0.39, 0.29) is 12.5 Å². The maximum Gasteiger partial charge on any atom is 0.326 e. The summed E-state index contributed by atoms with van der Waals surface area (Å²) in [6, 6.07) is 7.55. The number of hydrogen-bond acceptors (Lipinski definition) is 3. The largest absolute Gasteiger partial charge is 0.480 e. The van der Waals surface area contributed by atoms with Crippen LogP contribution in [0.5, 0.6) is 0 Å². The van der Waals surface area contributed by atoms with Crippen LogP contribution in [-0.2, 0) is 9.59 Å². The van der Waals surface area contributed by atoms with Gasteiger partial charge in [-0.05, 0) is 25.0 Å². The molecule has 0 saturated carbocycles. The molecule has 3 N–H and O–H groups in total. The summed E-state index contributed by atoms with van der Waals surface area (Å²) in [5.41, 5.74) is 0.618. The van der Waals surface area contributed by atoms with Gasteiger partial charge in [0.25, 0.3) is 0 Å². The molecule has 7 nitrogen and oxygen atoms in total. The summed E-state index contributed by atoms with van der Waals surface area (Å²) >= 11 is 0. The number of amides is 3. The molecule has 7 heteroatoms. The van der Waals surface area contributed by atoms with E-state index >= 15 is 0 Å². The van der Waals surface area contributed by atoms with Crippen molar-refractivity contribution >= 4 is 23.6 Å². The van der Waals surface area contributed by atoms with Gasteiger partial charge in [0.1, 0.15) is 6.04 Å². The number of hydrogen-bond donors (Lipinski definition) is 3. The second-order valence-corrected chi connectivity index (χ2v) is 4.76. The third-order valence-corrected chi connectivity index (χ3v) is 3.29. The molecule has 0 aromatic heterocycles. The van der Waals surface area contributed by atoms with Gasteiger partial charge in [0.2, 0.25) is 5.91 Å². The summed E-state index contributed by atoms with van der Waals surface area (Å²) in [4.78, 5) is 35.9. The van der Waals surface area contributed by atoms with Crippen molar-refractivity contribution in [2.24, 2.45) is 0 Å². The monoisotopic (exact) mass is 291 g/mol. The van der Waals surface area contributed by atoms with Gasteiger partial charge in [-0.3, -0.25) is 4.79 Å². The number of likely N-dealkylation sites (tertiary alicyclic amines) is 1. The van der Waals surface area contributed by atoms with E-state index in [9.17, 15) is 14.4 Å². The number of para-hydroxylation sites is 1. The van der Waals surface area contributed by atoms with Gasteiger partial charge in [0.05, 0.1) is 6.54 Å². The zero-order valence-corrected chi connectivity index (χ0v) is 11.4. The highest BCUT2D eigenvalue weighted by Gasteiger charge is 2.33. The Labute approximate surface area is 121 Å².